The van der Waals surface area contributed by atoms with E-state index >= 15 is 0 Å². The standard InChI is InChI=1S/C17H28N4O3/c1-13-9-15(19-24-13)12-20-5-6-21(16-3-7-23-8-4-16)11-14(10-20)17(22)18-2/h9,14,16H,3-8,10-12H2,1-2H3,(H,18,22). The fraction of sp³-hybridized carbons (Fsp3) is 0.765. The lowest BCUT2D eigenvalue weighted by atomic mass is 10.0. The number of hydrogen-bond acceptors (Lipinski definition) is 6. The average molecular weight is 336 g/mol. The van der Waals surface area contributed by atoms with E-state index in [1.54, 1.807) is 7.05 Å². The summed E-state index contributed by atoms with van der Waals surface area (Å²) >= 11 is 0. The van der Waals surface area contributed by atoms with Crippen LogP contribution >= 0.6 is 0 Å². The molecule has 0 aliphatic carbocycles. The molecule has 1 amide bonds. The SMILES string of the molecule is CNC(=O)C1CN(Cc2cc(C)on2)CCN(C2CCOCC2)C1. The highest BCUT2D eigenvalue weighted by molar-refractivity contribution is 5.78. The Hall–Kier alpha value is -1.44. The van der Waals surface area contributed by atoms with E-state index in [1.165, 1.54) is 0 Å². The number of carbonyl (C=O) groups is 1. The highest BCUT2D eigenvalue weighted by Crippen LogP contribution is 2.20. The van der Waals surface area contributed by atoms with Gasteiger partial charge in [-0.05, 0) is 19.8 Å². The Morgan fingerprint density at radius 1 is 1.33 bits per heavy atom. The first kappa shape index (κ1) is 17.4. The minimum Gasteiger partial charge on any atom is -0.381 e. The third-order valence-corrected chi connectivity index (χ3v) is 5.02. The minimum absolute atomic E-state index is 0.0201. The van der Waals surface area contributed by atoms with Crippen molar-refractivity contribution in [2.24, 2.45) is 5.92 Å². The molecule has 0 bridgehead atoms. The zero-order valence-electron chi connectivity index (χ0n) is 14.7. The second-order valence-corrected chi connectivity index (χ2v) is 6.81. The molecule has 7 heteroatoms. The van der Waals surface area contributed by atoms with Gasteiger partial charge in [0.25, 0.3) is 0 Å². The molecule has 2 saturated heterocycles. The van der Waals surface area contributed by atoms with Gasteiger partial charge in [0.2, 0.25) is 5.91 Å². The Balaban J connectivity index is 1.67. The third kappa shape index (κ3) is 4.34. The molecule has 2 fully saturated rings. The third-order valence-electron chi connectivity index (χ3n) is 5.02. The maximum absolute atomic E-state index is 12.3. The highest BCUT2D eigenvalue weighted by atomic mass is 16.5. The van der Waals surface area contributed by atoms with Gasteiger partial charge in [0, 0.05) is 65.1 Å². The second-order valence-electron chi connectivity index (χ2n) is 6.81. The van der Waals surface area contributed by atoms with Gasteiger partial charge in [0.15, 0.2) is 0 Å². The van der Waals surface area contributed by atoms with E-state index in [0.29, 0.717) is 6.04 Å². The van der Waals surface area contributed by atoms with Crippen LogP contribution < -0.4 is 5.32 Å². The molecule has 0 saturated carbocycles. The van der Waals surface area contributed by atoms with Crippen molar-refractivity contribution in [1.29, 1.82) is 0 Å². The Kier molecular flexibility index (Phi) is 5.86. The summed E-state index contributed by atoms with van der Waals surface area (Å²) in [7, 11) is 1.72. The van der Waals surface area contributed by atoms with Crippen molar-refractivity contribution >= 4 is 5.91 Å². The van der Waals surface area contributed by atoms with Crippen LogP contribution in [-0.2, 0) is 16.1 Å². The first-order valence-electron chi connectivity index (χ1n) is 8.83. The number of nitrogens with one attached hydrogen (secondary N) is 1. The normalized spacial score (nSPS) is 24.7. The van der Waals surface area contributed by atoms with E-state index < -0.39 is 0 Å². The van der Waals surface area contributed by atoms with Gasteiger partial charge < -0.3 is 14.6 Å². The Labute approximate surface area is 143 Å². The van der Waals surface area contributed by atoms with Gasteiger partial charge in [-0.1, -0.05) is 5.16 Å². The molecule has 1 N–H and O–H groups in total. The van der Waals surface area contributed by atoms with E-state index in [2.05, 4.69) is 20.3 Å². The number of rotatable bonds is 4. The van der Waals surface area contributed by atoms with Gasteiger partial charge in [-0.15, -0.1) is 0 Å². The summed E-state index contributed by atoms with van der Waals surface area (Å²) in [5.41, 5.74) is 0.933. The largest absolute Gasteiger partial charge is 0.381 e. The molecule has 7 nitrogen and oxygen atoms in total. The van der Waals surface area contributed by atoms with Gasteiger partial charge in [0.1, 0.15) is 5.76 Å². The molecule has 1 aromatic heterocycles. The monoisotopic (exact) mass is 336 g/mol. The van der Waals surface area contributed by atoms with Crippen molar-refractivity contribution in [1.82, 2.24) is 20.3 Å². The van der Waals surface area contributed by atoms with Gasteiger partial charge in [-0.3, -0.25) is 14.6 Å². The number of hydrogen-bond donors (Lipinski definition) is 1. The molecule has 3 rings (SSSR count). The van der Waals surface area contributed by atoms with Crippen molar-refractivity contribution < 1.29 is 14.1 Å². The summed E-state index contributed by atoms with van der Waals surface area (Å²) in [6.07, 6.45) is 2.12. The number of nitrogens with zero attached hydrogens (tertiary/aromatic N) is 3. The summed E-state index contributed by atoms with van der Waals surface area (Å²) < 4.78 is 10.7. The maximum Gasteiger partial charge on any atom is 0.225 e. The van der Waals surface area contributed by atoms with Crippen LogP contribution in [-0.4, -0.2) is 73.3 Å². The molecule has 24 heavy (non-hydrogen) atoms. The molecule has 0 spiro atoms. The van der Waals surface area contributed by atoms with Gasteiger partial charge >= 0.3 is 0 Å². The predicted octanol–water partition coefficient (Wildman–Crippen LogP) is 0.642. The highest BCUT2D eigenvalue weighted by Gasteiger charge is 2.31. The number of aromatic nitrogens is 1. The lowest BCUT2D eigenvalue weighted by Gasteiger charge is -2.34. The van der Waals surface area contributed by atoms with Crippen LogP contribution in [0.15, 0.2) is 10.6 Å². The Morgan fingerprint density at radius 2 is 2.12 bits per heavy atom. The molecule has 0 radical (unpaired) electrons. The van der Waals surface area contributed by atoms with Crippen molar-refractivity contribution in [2.75, 3.05) is 46.4 Å². The fourth-order valence-electron chi connectivity index (χ4n) is 3.72. The smallest absolute Gasteiger partial charge is 0.225 e. The molecule has 1 unspecified atom stereocenters. The lowest BCUT2D eigenvalue weighted by molar-refractivity contribution is -0.125. The summed E-state index contributed by atoms with van der Waals surface area (Å²) in [5.74, 6) is 0.926. The molecule has 0 aromatic carbocycles. The topological polar surface area (TPSA) is 70.8 Å². The number of amides is 1. The molecule has 2 aliphatic rings. The lowest BCUT2D eigenvalue weighted by Crippen LogP contribution is -2.45. The van der Waals surface area contributed by atoms with Crippen LogP contribution in [0, 0.1) is 12.8 Å². The van der Waals surface area contributed by atoms with Gasteiger partial charge in [0.05, 0.1) is 11.6 Å². The van der Waals surface area contributed by atoms with Crippen LogP contribution in [0.3, 0.4) is 0 Å². The average Bonchev–Trinajstić information content (AvgIpc) is 2.89. The maximum atomic E-state index is 12.3. The fourth-order valence-corrected chi connectivity index (χ4v) is 3.72. The second kappa shape index (κ2) is 8.09. The van der Waals surface area contributed by atoms with Gasteiger partial charge in [-0.2, -0.15) is 0 Å². The van der Waals surface area contributed by atoms with Crippen molar-refractivity contribution in [3.05, 3.63) is 17.5 Å². The zero-order valence-corrected chi connectivity index (χ0v) is 14.7. The number of ether oxygens (including phenoxy) is 1. The van der Waals surface area contributed by atoms with E-state index in [-0.39, 0.29) is 11.8 Å². The Morgan fingerprint density at radius 3 is 2.79 bits per heavy atom. The summed E-state index contributed by atoms with van der Waals surface area (Å²) in [6, 6.07) is 2.50. The first-order chi connectivity index (χ1) is 11.7. The quantitative estimate of drug-likeness (QED) is 0.870. The van der Waals surface area contributed by atoms with Crippen molar-refractivity contribution in [3.63, 3.8) is 0 Å². The molecule has 2 aliphatic heterocycles. The summed E-state index contributed by atoms with van der Waals surface area (Å²) in [6.45, 7) is 7.78. The number of aryl methyl sites for hydroxylation is 1. The van der Waals surface area contributed by atoms with Crippen molar-refractivity contribution in [3.8, 4) is 0 Å². The molecule has 3 heterocycles. The Bertz CT molecular complexity index is 542. The molecule has 1 atom stereocenters. The first-order valence-corrected chi connectivity index (χ1v) is 8.83. The van der Waals surface area contributed by atoms with Crippen LogP contribution in [0.5, 0.6) is 0 Å². The van der Waals surface area contributed by atoms with Crippen LogP contribution in [0.25, 0.3) is 0 Å². The molecule has 134 valence electrons. The predicted molar refractivity (Wildman–Crippen MR) is 89.5 cm³/mol. The van der Waals surface area contributed by atoms with Crippen molar-refractivity contribution in [2.45, 2.75) is 32.4 Å². The van der Waals surface area contributed by atoms with E-state index in [0.717, 1.165) is 70.2 Å². The summed E-state index contributed by atoms with van der Waals surface area (Å²) in [5, 5.41) is 6.92. The van der Waals surface area contributed by atoms with E-state index in [9.17, 15) is 4.79 Å². The zero-order chi connectivity index (χ0) is 16.9. The molecule has 1 aromatic rings. The number of carbonyl (C=O) groups excluding carboxylic acids is 1. The summed E-state index contributed by atoms with van der Waals surface area (Å²) in [4.78, 5) is 17.1. The molecular weight excluding hydrogens is 308 g/mol. The minimum atomic E-state index is -0.0201. The van der Waals surface area contributed by atoms with Gasteiger partial charge in [-0.25, -0.2) is 0 Å². The van der Waals surface area contributed by atoms with Crippen LogP contribution in [0.4, 0.5) is 0 Å². The van der Waals surface area contributed by atoms with Crippen LogP contribution in [0.2, 0.25) is 0 Å². The van der Waals surface area contributed by atoms with Crippen LogP contribution in [0.1, 0.15) is 24.3 Å². The molecular formula is C17H28N4O3. The van der Waals surface area contributed by atoms with E-state index in [1.807, 2.05) is 13.0 Å². The van der Waals surface area contributed by atoms with E-state index in [4.69, 9.17) is 9.26 Å².